The van der Waals surface area contributed by atoms with Gasteiger partial charge in [-0.3, -0.25) is 4.79 Å². The molecule has 0 aromatic heterocycles. The molecule has 0 N–H and O–H groups in total. The van der Waals surface area contributed by atoms with Gasteiger partial charge in [-0.15, -0.1) is 0 Å². The standard InChI is InChI=1S/C8H8O5/c1-3-5(9)12-6-4(2)7(10)13-8(6)11/h3H2,1-2H3. The molecule has 5 heteroatoms. The van der Waals surface area contributed by atoms with E-state index in [0.29, 0.717) is 0 Å². The van der Waals surface area contributed by atoms with Crippen LogP contribution in [0.1, 0.15) is 20.3 Å². The fourth-order valence-electron chi connectivity index (χ4n) is 0.757. The van der Waals surface area contributed by atoms with Crippen LogP contribution in [0.2, 0.25) is 0 Å². The van der Waals surface area contributed by atoms with Crippen LogP contribution >= 0.6 is 0 Å². The molecule has 0 spiro atoms. The molecule has 0 aromatic rings. The molecule has 70 valence electrons. The third kappa shape index (κ3) is 1.74. The van der Waals surface area contributed by atoms with E-state index in [0.717, 1.165) is 0 Å². The molecule has 13 heavy (non-hydrogen) atoms. The Bertz CT molecular complexity index is 312. The zero-order valence-corrected chi connectivity index (χ0v) is 7.25. The Hall–Kier alpha value is -1.65. The van der Waals surface area contributed by atoms with E-state index in [9.17, 15) is 14.4 Å². The third-order valence-corrected chi connectivity index (χ3v) is 1.52. The lowest BCUT2D eigenvalue weighted by molar-refractivity contribution is -0.155. The Morgan fingerprint density at radius 1 is 1.38 bits per heavy atom. The zero-order chi connectivity index (χ0) is 10.0. The van der Waals surface area contributed by atoms with E-state index in [2.05, 4.69) is 9.47 Å². The number of rotatable bonds is 2. The molecule has 0 atom stereocenters. The van der Waals surface area contributed by atoms with E-state index < -0.39 is 17.9 Å². The average Bonchev–Trinajstić information content (AvgIpc) is 2.32. The second-order valence-corrected chi connectivity index (χ2v) is 2.46. The normalized spacial score (nSPS) is 16.2. The SMILES string of the molecule is CCC(=O)OC1=C(C)C(=O)OC1=O. The summed E-state index contributed by atoms with van der Waals surface area (Å²) in [5.74, 6) is -2.52. The molecule has 0 amide bonds. The quantitative estimate of drug-likeness (QED) is 0.456. The van der Waals surface area contributed by atoms with Crippen LogP contribution in [0.4, 0.5) is 0 Å². The topological polar surface area (TPSA) is 69.7 Å². The number of cyclic esters (lactones) is 2. The molecule has 0 aromatic carbocycles. The molecule has 0 aliphatic carbocycles. The maximum atomic E-state index is 10.9. The van der Waals surface area contributed by atoms with E-state index in [1.54, 1.807) is 6.92 Å². The minimum Gasteiger partial charge on any atom is -0.418 e. The van der Waals surface area contributed by atoms with Crippen molar-refractivity contribution < 1.29 is 23.9 Å². The van der Waals surface area contributed by atoms with Gasteiger partial charge in [-0.25, -0.2) is 9.59 Å². The first-order chi connectivity index (χ1) is 6.06. The van der Waals surface area contributed by atoms with Gasteiger partial charge in [0.2, 0.25) is 5.76 Å². The smallest absolute Gasteiger partial charge is 0.382 e. The maximum Gasteiger partial charge on any atom is 0.382 e. The summed E-state index contributed by atoms with van der Waals surface area (Å²) in [7, 11) is 0. The van der Waals surface area contributed by atoms with Crippen molar-refractivity contribution in [2.75, 3.05) is 0 Å². The van der Waals surface area contributed by atoms with Crippen molar-refractivity contribution >= 4 is 17.9 Å². The van der Waals surface area contributed by atoms with Gasteiger partial charge in [0.15, 0.2) is 0 Å². The monoisotopic (exact) mass is 184 g/mol. The van der Waals surface area contributed by atoms with Crippen LogP contribution in [0, 0.1) is 0 Å². The van der Waals surface area contributed by atoms with E-state index in [4.69, 9.17) is 0 Å². The number of hydrogen-bond donors (Lipinski definition) is 0. The zero-order valence-electron chi connectivity index (χ0n) is 7.25. The molecule has 1 heterocycles. The Labute approximate surface area is 74.3 Å². The van der Waals surface area contributed by atoms with Crippen molar-refractivity contribution in [1.29, 1.82) is 0 Å². The Morgan fingerprint density at radius 2 is 2.00 bits per heavy atom. The lowest BCUT2D eigenvalue weighted by Gasteiger charge is -1.99. The molecule has 1 aliphatic rings. The van der Waals surface area contributed by atoms with Crippen LogP contribution in [-0.2, 0) is 23.9 Å². The van der Waals surface area contributed by atoms with Gasteiger partial charge >= 0.3 is 17.9 Å². The first-order valence-corrected chi connectivity index (χ1v) is 3.74. The van der Waals surface area contributed by atoms with Crippen molar-refractivity contribution in [3.8, 4) is 0 Å². The van der Waals surface area contributed by atoms with Gasteiger partial charge in [-0.2, -0.15) is 0 Å². The van der Waals surface area contributed by atoms with Gasteiger partial charge in [0.1, 0.15) is 0 Å². The van der Waals surface area contributed by atoms with Crippen molar-refractivity contribution in [2.45, 2.75) is 20.3 Å². The summed E-state index contributed by atoms with van der Waals surface area (Å²) in [4.78, 5) is 32.4. The van der Waals surface area contributed by atoms with Gasteiger partial charge in [0.05, 0.1) is 5.57 Å². The highest BCUT2D eigenvalue weighted by atomic mass is 16.6. The summed E-state index contributed by atoms with van der Waals surface area (Å²) in [5.41, 5.74) is 0.0341. The fourth-order valence-corrected chi connectivity index (χ4v) is 0.757. The van der Waals surface area contributed by atoms with Gasteiger partial charge in [-0.05, 0) is 6.92 Å². The summed E-state index contributed by atoms with van der Waals surface area (Å²) in [5, 5.41) is 0. The fraction of sp³-hybridized carbons (Fsp3) is 0.375. The van der Waals surface area contributed by atoms with Crippen molar-refractivity contribution in [2.24, 2.45) is 0 Å². The lowest BCUT2D eigenvalue weighted by atomic mass is 10.3. The van der Waals surface area contributed by atoms with Crippen LogP contribution < -0.4 is 0 Å². The summed E-state index contributed by atoms with van der Waals surface area (Å²) in [6, 6.07) is 0. The maximum absolute atomic E-state index is 10.9. The molecule has 0 bridgehead atoms. The Kier molecular flexibility index (Phi) is 2.46. The number of carbonyl (C=O) groups excluding carboxylic acids is 3. The molecule has 0 unspecified atom stereocenters. The number of carbonyl (C=O) groups is 3. The van der Waals surface area contributed by atoms with Gasteiger partial charge < -0.3 is 9.47 Å². The molecule has 0 saturated heterocycles. The summed E-state index contributed by atoms with van der Waals surface area (Å²) in [6.45, 7) is 2.95. The van der Waals surface area contributed by atoms with E-state index in [-0.39, 0.29) is 17.8 Å². The predicted octanol–water partition coefficient (Wildman–Crippen LogP) is 0.297. The second-order valence-electron chi connectivity index (χ2n) is 2.46. The van der Waals surface area contributed by atoms with Crippen LogP contribution in [0.25, 0.3) is 0 Å². The molecule has 0 fully saturated rings. The van der Waals surface area contributed by atoms with Gasteiger partial charge in [0.25, 0.3) is 0 Å². The second kappa shape index (κ2) is 3.38. The van der Waals surface area contributed by atoms with Crippen molar-refractivity contribution in [3.05, 3.63) is 11.3 Å². The van der Waals surface area contributed by atoms with Crippen LogP contribution in [0.3, 0.4) is 0 Å². The highest BCUT2D eigenvalue weighted by Gasteiger charge is 2.33. The molecular formula is C8H8O5. The summed E-state index contributed by atoms with van der Waals surface area (Å²) in [6.07, 6.45) is 0.137. The summed E-state index contributed by atoms with van der Waals surface area (Å²) < 4.78 is 8.80. The predicted molar refractivity (Wildman–Crippen MR) is 40.2 cm³/mol. The minimum atomic E-state index is -0.899. The lowest BCUT2D eigenvalue weighted by Crippen LogP contribution is -2.09. The van der Waals surface area contributed by atoms with E-state index in [1.807, 2.05) is 0 Å². The molecule has 5 nitrogen and oxygen atoms in total. The minimum absolute atomic E-state index is 0.0341. The van der Waals surface area contributed by atoms with Gasteiger partial charge in [-0.1, -0.05) is 6.92 Å². The number of ether oxygens (including phenoxy) is 2. The van der Waals surface area contributed by atoms with E-state index in [1.165, 1.54) is 6.92 Å². The van der Waals surface area contributed by atoms with E-state index >= 15 is 0 Å². The number of hydrogen-bond acceptors (Lipinski definition) is 5. The first kappa shape index (κ1) is 9.44. The van der Waals surface area contributed by atoms with Gasteiger partial charge in [0, 0.05) is 6.42 Å². The third-order valence-electron chi connectivity index (χ3n) is 1.52. The highest BCUT2D eigenvalue weighted by Crippen LogP contribution is 2.18. The van der Waals surface area contributed by atoms with Crippen LogP contribution in [0.5, 0.6) is 0 Å². The summed E-state index contributed by atoms with van der Waals surface area (Å²) >= 11 is 0. The largest absolute Gasteiger partial charge is 0.418 e. The Balaban J connectivity index is 2.84. The molecule has 0 saturated carbocycles. The molecule has 1 aliphatic heterocycles. The first-order valence-electron chi connectivity index (χ1n) is 3.74. The van der Waals surface area contributed by atoms with Crippen molar-refractivity contribution in [1.82, 2.24) is 0 Å². The van der Waals surface area contributed by atoms with Crippen molar-refractivity contribution in [3.63, 3.8) is 0 Å². The number of esters is 3. The average molecular weight is 184 g/mol. The highest BCUT2D eigenvalue weighted by molar-refractivity contribution is 6.11. The molecule has 0 radical (unpaired) electrons. The van der Waals surface area contributed by atoms with Crippen LogP contribution in [0.15, 0.2) is 11.3 Å². The molecular weight excluding hydrogens is 176 g/mol. The Morgan fingerprint density at radius 3 is 2.38 bits per heavy atom. The molecule has 1 rings (SSSR count). The van der Waals surface area contributed by atoms with Crippen LogP contribution in [-0.4, -0.2) is 17.9 Å².